The van der Waals surface area contributed by atoms with Crippen molar-refractivity contribution in [2.45, 2.75) is 30.7 Å². The molecule has 0 aromatic heterocycles. The molecule has 3 aromatic carbocycles. The highest BCUT2D eigenvalue weighted by Crippen LogP contribution is 2.39. The van der Waals surface area contributed by atoms with Crippen LogP contribution in [0.1, 0.15) is 30.1 Å². The molecule has 0 saturated heterocycles. The third-order valence-electron chi connectivity index (χ3n) is 5.01. The second kappa shape index (κ2) is 6.66. The smallest absolute Gasteiger partial charge is 0.264 e. The lowest BCUT2D eigenvalue weighted by Gasteiger charge is -2.37. The molecule has 0 spiro atoms. The van der Waals surface area contributed by atoms with E-state index in [1.165, 1.54) is 4.31 Å². The highest BCUT2D eigenvalue weighted by molar-refractivity contribution is 7.92. The van der Waals surface area contributed by atoms with E-state index in [2.05, 4.69) is 0 Å². The second-order valence-corrected chi connectivity index (χ2v) is 8.86. The average Bonchev–Trinajstić information content (AvgIpc) is 2.67. The molecule has 1 aliphatic heterocycles. The van der Waals surface area contributed by atoms with Gasteiger partial charge in [0.2, 0.25) is 0 Å². The Labute approximate surface area is 163 Å². The second-order valence-electron chi connectivity index (χ2n) is 6.63. The van der Waals surface area contributed by atoms with Gasteiger partial charge in [0.1, 0.15) is 0 Å². The summed E-state index contributed by atoms with van der Waals surface area (Å²) < 4.78 is 28.5. The minimum absolute atomic E-state index is 0.118. The number of nitrogens with zero attached hydrogens (tertiary/aromatic N) is 1. The number of hydrogen-bond acceptors (Lipinski definition) is 3. The van der Waals surface area contributed by atoms with Crippen LogP contribution in [-0.2, 0) is 10.0 Å². The van der Waals surface area contributed by atoms with E-state index in [9.17, 15) is 13.2 Å². The molecule has 0 aliphatic carbocycles. The summed E-state index contributed by atoms with van der Waals surface area (Å²) in [5, 5.41) is 2.11. The Bertz CT molecular complexity index is 1160. The maximum atomic E-state index is 13.6. The molecule has 4 rings (SSSR count). The van der Waals surface area contributed by atoms with E-state index in [4.69, 9.17) is 11.6 Å². The Morgan fingerprint density at radius 3 is 2.52 bits per heavy atom. The SMILES string of the molecule is CCC1CC(=O)c2c(Cl)cccc2N1S(=O)(=O)c1ccc2ccccc2c1. The molecule has 0 fully saturated rings. The predicted molar refractivity (Wildman–Crippen MR) is 108 cm³/mol. The summed E-state index contributed by atoms with van der Waals surface area (Å²) in [6, 6.07) is 17.2. The molecule has 138 valence electrons. The molecule has 6 heteroatoms. The van der Waals surface area contributed by atoms with E-state index in [1.807, 2.05) is 31.2 Å². The summed E-state index contributed by atoms with van der Waals surface area (Å²) in [7, 11) is -3.85. The summed E-state index contributed by atoms with van der Waals surface area (Å²) in [5.74, 6) is -0.118. The van der Waals surface area contributed by atoms with Gasteiger partial charge in [-0.15, -0.1) is 0 Å². The van der Waals surface area contributed by atoms with Crippen molar-refractivity contribution in [3.05, 3.63) is 71.2 Å². The number of carbonyl (C=O) groups excluding carboxylic acids is 1. The van der Waals surface area contributed by atoms with Gasteiger partial charge >= 0.3 is 0 Å². The lowest BCUT2D eigenvalue weighted by Crippen LogP contribution is -2.45. The minimum Gasteiger partial charge on any atom is -0.294 e. The number of rotatable bonds is 3. The Balaban J connectivity index is 1.92. The summed E-state index contributed by atoms with van der Waals surface area (Å²) in [5.41, 5.74) is 0.645. The number of halogens is 1. The molecule has 1 unspecified atom stereocenters. The third kappa shape index (κ3) is 2.91. The number of Topliss-reactive ketones (excluding diaryl/α,β-unsaturated/α-hetero) is 1. The summed E-state index contributed by atoms with van der Waals surface area (Å²) >= 11 is 6.23. The van der Waals surface area contributed by atoms with Crippen LogP contribution in [0.15, 0.2) is 65.6 Å². The highest BCUT2D eigenvalue weighted by Gasteiger charge is 2.39. The number of sulfonamides is 1. The van der Waals surface area contributed by atoms with Gasteiger partial charge in [0.15, 0.2) is 5.78 Å². The first-order valence-corrected chi connectivity index (χ1v) is 10.6. The number of anilines is 1. The normalized spacial score (nSPS) is 17.2. The van der Waals surface area contributed by atoms with Crippen molar-refractivity contribution in [3.63, 3.8) is 0 Å². The van der Waals surface area contributed by atoms with Crippen molar-refractivity contribution in [2.75, 3.05) is 4.31 Å². The monoisotopic (exact) mass is 399 g/mol. The van der Waals surface area contributed by atoms with E-state index in [0.29, 0.717) is 12.1 Å². The molecular formula is C21H18ClNO3S. The zero-order valence-corrected chi connectivity index (χ0v) is 16.3. The predicted octanol–water partition coefficient (Wildman–Crippen LogP) is 5.05. The Morgan fingerprint density at radius 2 is 1.78 bits per heavy atom. The molecule has 0 amide bonds. The molecule has 1 aliphatic rings. The minimum atomic E-state index is -3.85. The van der Waals surface area contributed by atoms with Crippen LogP contribution in [0, 0.1) is 0 Å². The van der Waals surface area contributed by atoms with E-state index in [0.717, 1.165) is 10.8 Å². The number of benzene rings is 3. The van der Waals surface area contributed by atoms with Crippen molar-refractivity contribution in [1.29, 1.82) is 0 Å². The van der Waals surface area contributed by atoms with Crippen molar-refractivity contribution in [2.24, 2.45) is 0 Å². The number of fused-ring (bicyclic) bond motifs is 2. The molecule has 0 N–H and O–H groups in total. The highest BCUT2D eigenvalue weighted by atomic mass is 35.5. The van der Waals surface area contributed by atoms with Crippen LogP contribution >= 0.6 is 11.6 Å². The van der Waals surface area contributed by atoms with Gasteiger partial charge in [-0.3, -0.25) is 9.10 Å². The topological polar surface area (TPSA) is 54.5 Å². The van der Waals surface area contributed by atoms with Gasteiger partial charge in [0.05, 0.1) is 27.2 Å². The number of ketones is 1. The molecule has 3 aromatic rings. The lowest BCUT2D eigenvalue weighted by molar-refractivity contribution is 0.0969. The van der Waals surface area contributed by atoms with E-state index < -0.39 is 16.1 Å². The van der Waals surface area contributed by atoms with Crippen LogP contribution in [0.2, 0.25) is 5.02 Å². The van der Waals surface area contributed by atoms with Crippen molar-refractivity contribution in [3.8, 4) is 0 Å². The molecule has 0 bridgehead atoms. The lowest BCUT2D eigenvalue weighted by atomic mass is 9.95. The zero-order chi connectivity index (χ0) is 19.2. The van der Waals surface area contributed by atoms with Gasteiger partial charge < -0.3 is 0 Å². The zero-order valence-electron chi connectivity index (χ0n) is 14.7. The fourth-order valence-electron chi connectivity index (χ4n) is 3.65. The molecule has 0 saturated carbocycles. The van der Waals surface area contributed by atoms with E-state index >= 15 is 0 Å². The molecule has 4 nitrogen and oxygen atoms in total. The van der Waals surface area contributed by atoms with Crippen LogP contribution in [0.4, 0.5) is 5.69 Å². The van der Waals surface area contributed by atoms with Gasteiger partial charge in [0, 0.05) is 6.42 Å². The van der Waals surface area contributed by atoms with E-state index in [1.54, 1.807) is 36.4 Å². The largest absolute Gasteiger partial charge is 0.294 e. The van der Waals surface area contributed by atoms with Gasteiger partial charge in [-0.1, -0.05) is 54.9 Å². The Hall–Kier alpha value is -2.37. The average molecular weight is 400 g/mol. The number of hydrogen-bond donors (Lipinski definition) is 0. The molecule has 1 heterocycles. The van der Waals surface area contributed by atoms with Crippen molar-refractivity contribution in [1.82, 2.24) is 0 Å². The van der Waals surface area contributed by atoms with Crippen LogP contribution < -0.4 is 4.31 Å². The standard InChI is InChI=1S/C21H18ClNO3S/c1-2-16-13-20(24)21-18(22)8-5-9-19(21)23(16)27(25,26)17-11-10-14-6-3-4-7-15(14)12-17/h3-12,16H,2,13H2,1H3. The van der Waals surface area contributed by atoms with Gasteiger partial charge in [-0.2, -0.15) is 0 Å². The summed E-state index contributed by atoms with van der Waals surface area (Å²) in [6.45, 7) is 1.89. The van der Waals surface area contributed by atoms with Crippen molar-refractivity contribution >= 4 is 43.9 Å². The molecule has 0 radical (unpaired) electrons. The maximum absolute atomic E-state index is 13.6. The van der Waals surface area contributed by atoms with E-state index in [-0.39, 0.29) is 27.7 Å². The summed E-state index contributed by atoms with van der Waals surface area (Å²) in [6.07, 6.45) is 0.657. The van der Waals surface area contributed by atoms with Crippen LogP contribution in [-0.4, -0.2) is 20.2 Å². The fourth-order valence-corrected chi connectivity index (χ4v) is 5.69. The molecule has 1 atom stereocenters. The fraction of sp³-hybridized carbons (Fsp3) is 0.190. The van der Waals surface area contributed by atoms with Crippen molar-refractivity contribution < 1.29 is 13.2 Å². The number of carbonyl (C=O) groups is 1. The van der Waals surface area contributed by atoms with Gasteiger partial charge in [-0.05, 0) is 41.5 Å². The van der Waals surface area contributed by atoms with Gasteiger partial charge in [0.25, 0.3) is 10.0 Å². The first-order chi connectivity index (χ1) is 12.9. The van der Waals surface area contributed by atoms with Gasteiger partial charge in [-0.25, -0.2) is 8.42 Å². The molecular weight excluding hydrogens is 382 g/mol. The quantitative estimate of drug-likeness (QED) is 0.619. The van der Waals surface area contributed by atoms with Crippen LogP contribution in [0.3, 0.4) is 0 Å². The molecule has 27 heavy (non-hydrogen) atoms. The Morgan fingerprint density at radius 1 is 1.04 bits per heavy atom. The first-order valence-electron chi connectivity index (χ1n) is 8.78. The van der Waals surface area contributed by atoms with Crippen LogP contribution in [0.5, 0.6) is 0 Å². The third-order valence-corrected chi connectivity index (χ3v) is 7.19. The van der Waals surface area contributed by atoms with Crippen LogP contribution in [0.25, 0.3) is 10.8 Å². The Kier molecular flexibility index (Phi) is 4.44. The maximum Gasteiger partial charge on any atom is 0.264 e. The summed E-state index contributed by atoms with van der Waals surface area (Å²) in [4.78, 5) is 12.8. The first kappa shape index (κ1) is 18.0.